The van der Waals surface area contributed by atoms with Gasteiger partial charge in [-0.2, -0.15) is 0 Å². The van der Waals surface area contributed by atoms with Gasteiger partial charge in [0.15, 0.2) is 0 Å². The van der Waals surface area contributed by atoms with Crippen molar-refractivity contribution in [3.8, 4) is 11.5 Å². The molecular weight excluding hydrogens is 398 g/mol. The summed E-state index contributed by atoms with van der Waals surface area (Å²) in [5.74, 6) is 1.71. The van der Waals surface area contributed by atoms with Gasteiger partial charge >= 0.3 is 0 Å². The van der Waals surface area contributed by atoms with E-state index < -0.39 is 0 Å². The van der Waals surface area contributed by atoms with Crippen LogP contribution in [0.1, 0.15) is 38.3 Å². The molecule has 0 fully saturated rings. The van der Waals surface area contributed by atoms with E-state index in [1.807, 2.05) is 37.3 Å². The van der Waals surface area contributed by atoms with Gasteiger partial charge < -0.3 is 14.8 Å². The zero-order valence-electron chi connectivity index (χ0n) is 18.6. The maximum atomic E-state index is 11.5. The fourth-order valence-corrected chi connectivity index (χ4v) is 3.97. The first kappa shape index (κ1) is 21.7. The topological polar surface area (TPSA) is 47.6 Å². The van der Waals surface area contributed by atoms with Crippen molar-refractivity contribution in [1.29, 1.82) is 0 Å². The lowest BCUT2D eigenvalue weighted by atomic mass is 9.99. The third kappa shape index (κ3) is 5.38. The first-order chi connectivity index (χ1) is 15.6. The summed E-state index contributed by atoms with van der Waals surface area (Å²) in [4.78, 5) is 11.5. The van der Waals surface area contributed by atoms with Crippen LogP contribution in [0.3, 0.4) is 0 Å². The summed E-state index contributed by atoms with van der Waals surface area (Å²) in [7, 11) is 0. The molecule has 0 aliphatic carbocycles. The first-order valence-corrected chi connectivity index (χ1v) is 11.1. The number of hydrogen-bond donors (Lipinski definition) is 1. The lowest BCUT2D eigenvalue weighted by Gasteiger charge is -2.16. The molecule has 0 saturated heterocycles. The van der Waals surface area contributed by atoms with Crippen LogP contribution in [0.25, 0.3) is 21.5 Å². The van der Waals surface area contributed by atoms with Gasteiger partial charge in [-0.05, 0) is 71.1 Å². The Bertz CT molecular complexity index is 1220. The minimum Gasteiger partial charge on any atom is -0.494 e. The number of ether oxygens (including phenoxy) is 2. The molecule has 4 rings (SSSR count). The predicted molar refractivity (Wildman–Crippen MR) is 130 cm³/mol. The number of hydrogen-bond acceptors (Lipinski definition) is 3. The average molecular weight is 428 g/mol. The molecule has 4 heteroatoms. The highest BCUT2D eigenvalue weighted by Crippen LogP contribution is 2.28. The van der Waals surface area contributed by atoms with Gasteiger partial charge in [0, 0.05) is 6.92 Å². The summed E-state index contributed by atoms with van der Waals surface area (Å²) >= 11 is 0. The van der Waals surface area contributed by atoms with Crippen molar-refractivity contribution in [2.75, 3.05) is 13.2 Å². The Morgan fingerprint density at radius 3 is 2.12 bits per heavy atom. The second-order valence-corrected chi connectivity index (χ2v) is 8.07. The normalized spacial score (nSPS) is 11.9. The van der Waals surface area contributed by atoms with E-state index in [0.717, 1.165) is 40.7 Å². The highest BCUT2D eigenvalue weighted by Gasteiger charge is 2.11. The van der Waals surface area contributed by atoms with Crippen molar-refractivity contribution < 1.29 is 14.3 Å². The summed E-state index contributed by atoms with van der Waals surface area (Å²) in [5, 5.41) is 7.62. The zero-order chi connectivity index (χ0) is 22.3. The molecule has 0 saturated carbocycles. The van der Waals surface area contributed by atoms with E-state index in [2.05, 4.69) is 53.8 Å². The Hall–Kier alpha value is -3.53. The zero-order valence-corrected chi connectivity index (χ0v) is 18.6. The molecule has 0 bridgehead atoms. The molecule has 0 aliphatic heterocycles. The molecule has 0 aromatic heterocycles. The Kier molecular flexibility index (Phi) is 6.90. The standard InChI is InChI=1S/C28H29NO3/c1-20(29-21(2)30)27-11-7-10-23-13-15-26(19-28(23)27)32-17-6-5-16-31-25-14-12-22-8-3-4-9-24(22)18-25/h3-4,7-15,18-20H,5-6,16-17H2,1-2H3,(H,29,30). The largest absolute Gasteiger partial charge is 0.494 e. The van der Waals surface area contributed by atoms with Crippen molar-refractivity contribution in [3.05, 3.63) is 84.4 Å². The molecule has 0 radical (unpaired) electrons. The molecule has 4 aromatic rings. The Morgan fingerprint density at radius 1 is 0.781 bits per heavy atom. The third-order valence-corrected chi connectivity index (χ3v) is 5.57. The van der Waals surface area contributed by atoms with Crippen LogP contribution < -0.4 is 14.8 Å². The Balaban J connectivity index is 1.28. The van der Waals surface area contributed by atoms with E-state index in [1.165, 1.54) is 10.8 Å². The fraction of sp³-hybridized carbons (Fsp3) is 0.250. The predicted octanol–water partition coefficient (Wildman–Crippen LogP) is 6.43. The first-order valence-electron chi connectivity index (χ1n) is 11.1. The number of carbonyl (C=O) groups excluding carboxylic acids is 1. The van der Waals surface area contributed by atoms with Crippen LogP contribution in [0.15, 0.2) is 78.9 Å². The monoisotopic (exact) mass is 427 g/mol. The van der Waals surface area contributed by atoms with Crippen LogP contribution in [0, 0.1) is 0 Å². The van der Waals surface area contributed by atoms with Gasteiger partial charge in [0.1, 0.15) is 11.5 Å². The minimum atomic E-state index is -0.0568. The van der Waals surface area contributed by atoms with E-state index in [4.69, 9.17) is 9.47 Å². The van der Waals surface area contributed by atoms with Crippen LogP contribution in [0.2, 0.25) is 0 Å². The summed E-state index contributed by atoms with van der Waals surface area (Å²) in [6.07, 6.45) is 1.83. The molecule has 1 N–H and O–H groups in total. The second kappa shape index (κ2) is 10.2. The number of benzene rings is 4. The molecule has 1 amide bonds. The number of nitrogens with one attached hydrogen (secondary N) is 1. The minimum absolute atomic E-state index is 0.0344. The van der Waals surface area contributed by atoms with E-state index in [0.29, 0.717) is 13.2 Å². The molecule has 164 valence electrons. The molecule has 1 atom stereocenters. The van der Waals surface area contributed by atoms with Crippen LogP contribution in [0.4, 0.5) is 0 Å². The van der Waals surface area contributed by atoms with E-state index in [1.54, 1.807) is 6.92 Å². The third-order valence-electron chi connectivity index (χ3n) is 5.57. The molecule has 4 aromatic carbocycles. The maximum absolute atomic E-state index is 11.5. The van der Waals surface area contributed by atoms with Gasteiger partial charge in [0.05, 0.1) is 19.3 Å². The van der Waals surface area contributed by atoms with Crippen molar-refractivity contribution in [2.45, 2.75) is 32.7 Å². The fourth-order valence-electron chi connectivity index (χ4n) is 3.97. The van der Waals surface area contributed by atoms with Crippen LogP contribution in [0.5, 0.6) is 11.5 Å². The molecular formula is C28H29NO3. The summed E-state index contributed by atoms with van der Waals surface area (Å²) in [6, 6.07) is 26.7. The molecule has 0 aliphatic rings. The van der Waals surface area contributed by atoms with Gasteiger partial charge in [-0.15, -0.1) is 0 Å². The van der Waals surface area contributed by atoms with Crippen LogP contribution >= 0.6 is 0 Å². The van der Waals surface area contributed by atoms with Gasteiger partial charge in [-0.25, -0.2) is 0 Å². The van der Waals surface area contributed by atoms with Gasteiger partial charge in [-0.3, -0.25) is 4.79 Å². The molecule has 0 spiro atoms. The van der Waals surface area contributed by atoms with Crippen molar-refractivity contribution in [1.82, 2.24) is 5.32 Å². The number of carbonyl (C=O) groups is 1. The highest BCUT2D eigenvalue weighted by molar-refractivity contribution is 5.88. The SMILES string of the molecule is CC(=O)NC(C)c1cccc2ccc(OCCCCOc3ccc4ccccc4c3)cc12. The van der Waals surface area contributed by atoms with Crippen molar-refractivity contribution >= 4 is 27.5 Å². The summed E-state index contributed by atoms with van der Waals surface area (Å²) in [6.45, 7) is 4.84. The lowest BCUT2D eigenvalue weighted by molar-refractivity contribution is -0.119. The average Bonchev–Trinajstić information content (AvgIpc) is 2.80. The van der Waals surface area contributed by atoms with Crippen molar-refractivity contribution in [3.63, 3.8) is 0 Å². The molecule has 32 heavy (non-hydrogen) atoms. The smallest absolute Gasteiger partial charge is 0.217 e. The molecule has 0 heterocycles. The van der Waals surface area contributed by atoms with E-state index >= 15 is 0 Å². The van der Waals surface area contributed by atoms with Crippen LogP contribution in [-0.4, -0.2) is 19.1 Å². The van der Waals surface area contributed by atoms with Gasteiger partial charge in [0.2, 0.25) is 5.91 Å². The van der Waals surface area contributed by atoms with Crippen molar-refractivity contribution in [2.24, 2.45) is 0 Å². The van der Waals surface area contributed by atoms with Gasteiger partial charge in [0.25, 0.3) is 0 Å². The number of amides is 1. The number of fused-ring (bicyclic) bond motifs is 2. The lowest BCUT2D eigenvalue weighted by Crippen LogP contribution is -2.23. The Morgan fingerprint density at radius 2 is 1.41 bits per heavy atom. The quantitative estimate of drug-likeness (QED) is 0.313. The van der Waals surface area contributed by atoms with Crippen LogP contribution in [-0.2, 0) is 4.79 Å². The van der Waals surface area contributed by atoms with Gasteiger partial charge in [-0.1, -0.05) is 54.6 Å². The maximum Gasteiger partial charge on any atom is 0.217 e. The Labute approximate surface area is 189 Å². The number of rotatable bonds is 9. The second-order valence-electron chi connectivity index (χ2n) is 8.07. The molecule has 4 nitrogen and oxygen atoms in total. The van der Waals surface area contributed by atoms with E-state index in [9.17, 15) is 4.79 Å². The molecule has 1 unspecified atom stereocenters. The summed E-state index contributed by atoms with van der Waals surface area (Å²) in [5.41, 5.74) is 1.09. The summed E-state index contributed by atoms with van der Waals surface area (Å²) < 4.78 is 11.9. The number of unbranched alkanes of at least 4 members (excludes halogenated alkanes) is 1. The van der Waals surface area contributed by atoms with E-state index in [-0.39, 0.29) is 11.9 Å². The highest BCUT2D eigenvalue weighted by atomic mass is 16.5.